The molecular formula is C19H30N2. The molecule has 1 aliphatic heterocycles. The average molecular weight is 286 g/mol. The van der Waals surface area contributed by atoms with Gasteiger partial charge in [0.1, 0.15) is 0 Å². The van der Waals surface area contributed by atoms with Crippen molar-refractivity contribution >= 4 is 5.69 Å². The first-order chi connectivity index (χ1) is 10.1. The largest absolute Gasteiger partial charge is 0.370 e. The van der Waals surface area contributed by atoms with Crippen LogP contribution < -0.4 is 10.6 Å². The first kappa shape index (κ1) is 14.9. The van der Waals surface area contributed by atoms with E-state index in [1.807, 2.05) is 0 Å². The van der Waals surface area contributed by atoms with E-state index < -0.39 is 0 Å². The molecule has 21 heavy (non-hydrogen) atoms. The van der Waals surface area contributed by atoms with Gasteiger partial charge in [-0.3, -0.25) is 0 Å². The third-order valence-corrected chi connectivity index (χ3v) is 5.73. The number of para-hydroxylation sites is 1. The van der Waals surface area contributed by atoms with Crippen molar-refractivity contribution in [2.75, 3.05) is 24.5 Å². The summed E-state index contributed by atoms with van der Waals surface area (Å²) >= 11 is 0. The van der Waals surface area contributed by atoms with Crippen LogP contribution in [0.4, 0.5) is 5.69 Å². The van der Waals surface area contributed by atoms with Crippen molar-refractivity contribution in [1.29, 1.82) is 0 Å². The van der Waals surface area contributed by atoms with Crippen LogP contribution in [-0.2, 0) is 6.42 Å². The number of rotatable bonds is 3. The number of fused-ring (bicyclic) bond motifs is 1. The van der Waals surface area contributed by atoms with Gasteiger partial charge in [-0.2, -0.15) is 0 Å². The molecule has 2 heteroatoms. The first-order valence-corrected chi connectivity index (χ1v) is 8.65. The van der Waals surface area contributed by atoms with E-state index in [1.165, 1.54) is 49.9 Å². The van der Waals surface area contributed by atoms with E-state index in [4.69, 9.17) is 5.73 Å². The van der Waals surface area contributed by atoms with Crippen molar-refractivity contribution in [1.82, 2.24) is 0 Å². The molecule has 0 radical (unpaired) electrons. The van der Waals surface area contributed by atoms with Gasteiger partial charge in [-0.25, -0.2) is 0 Å². The molecule has 1 atom stereocenters. The number of anilines is 1. The van der Waals surface area contributed by atoms with E-state index in [9.17, 15) is 0 Å². The van der Waals surface area contributed by atoms with Gasteiger partial charge >= 0.3 is 0 Å². The molecule has 1 aromatic carbocycles. The predicted molar refractivity (Wildman–Crippen MR) is 90.6 cm³/mol. The quantitative estimate of drug-likeness (QED) is 0.914. The zero-order chi connectivity index (χ0) is 14.9. The van der Waals surface area contributed by atoms with Crippen LogP contribution in [0, 0.1) is 17.3 Å². The molecule has 116 valence electrons. The van der Waals surface area contributed by atoms with Crippen molar-refractivity contribution in [2.24, 2.45) is 23.0 Å². The summed E-state index contributed by atoms with van der Waals surface area (Å²) in [6.45, 7) is 7.94. The molecule has 0 saturated heterocycles. The highest BCUT2D eigenvalue weighted by atomic mass is 15.1. The van der Waals surface area contributed by atoms with E-state index in [2.05, 4.69) is 43.0 Å². The molecule has 3 rings (SSSR count). The van der Waals surface area contributed by atoms with E-state index in [0.29, 0.717) is 5.41 Å². The summed E-state index contributed by atoms with van der Waals surface area (Å²) in [6, 6.07) is 8.96. The maximum absolute atomic E-state index is 6.23. The summed E-state index contributed by atoms with van der Waals surface area (Å²) in [5.74, 6) is 1.63. The Labute approximate surface area is 129 Å². The summed E-state index contributed by atoms with van der Waals surface area (Å²) in [6.07, 6.45) is 6.53. The van der Waals surface area contributed by atoms with Crippen LogP contribution in [0.5, 0.6) is 0 Å². The van der Waals surface area contributed by atoms with Crippen LogP contribution in [0.15, 0.2) is 24.3 Å². The molecule has 1 fully saturated rings. The number of hydrogen-bond donors (Lipinski definition) is 1. The van der Waals surface area contributed by atoms with Crippen molar-refractivity contribution < 1.29 is 0 Å². The van der Waals surface area contributed by atoms with Crippen LogP contribution >= 0.6 is 0 Å². The minimum absolute atomic E-state index is 0.344. The second-order valence-corrected chi connectivity index (χ2v) is 7.71. The molecule has 0 aromatic heterocycles. The lowest BCUT2D eigenvalue weighted by Crippen LogP contribution is -2.47. The maximum atomic E-state index is 6.23. The molecule has 1 heterocycles. The fraction of sp³-hybridized carbons (Fsp3) is 0.684. The Morgan fingerprint density at radius 2 is 1.86 bits per heavy atom. The maximum Gasteiger partial charge on any atom is 0.0399 e. The number of benzene rings is 1. The third kappa shape index (κ3) is 3.11. The standard InChI is InChI=1S/C19H30N2/c1-15-7-9-19(13-20,10-8-15)14-21-12-16(2)11-17-5-3-4-6-18(17)21/h3-6,15-16H,7-14,20H2,1-2H3. The van der Waals surface area contributed by atoms with E-state index in [-0.39, 0.29) is 0 Å². The van der Waals surface area contributed by atoms with Gasteiger partial charge in [-0.15, -0.1) is 0 Å². The monoisotopic (exact) mass is 286 g/mol. The minimum atomic E-state index is 0.344. The average Bonchev–Trinajstić information content (AvgIpc) is 2.50. The lowest BCUT2D eigenvalue weighted by Gasteiger charge is -2.45. The molecule has 0 spiro atoms. The molecular weight excluding hydrogens is 256 g/mol. The van der Waals surface area contributed by atoms with E-state index in [1.54, 1.807) is 0 Å². The zero-order valence-corrected chi connectivity index (χ0v) is 13.6. The summed E-state index contributed by atoms with van der Waals surface area (Å²) in [7, 11) is 0. The van der Waals surface area contributed by atoms with Gasteiger partial charge < -0.3 is 10.6 Å². The van der Waals surface area contributed by atoms with Gasteiger partial charge in [0.15, 0.2) is 0 Å². The summed E-state index contributed by atoms with van der Waals surface area (Å²) < 4.78 is 0. The summed E-state index contributed by atoms with van der Waals surface area (Å²) in [5, 5.41) is 0. The van der Waals surface area contributed by atoms with Gasteiger partial charge in [0.2, 0.25) is 0 Å². The van der Waals surface area contributed by atoms with Crippen LogP contribution in [0.25, 0.3) is 0 Å². The lowest BCUT2D eigenvalue weighted by molar-refractivity contribution is 0.167. The Bertz CT molecular complexity index is 474. The Kier molecular flexibility index (Phi) is 4.26. The smallest absolute Gasteiger partial charge is 0.0399 e. The molecule has 2 aliphatic rings. The Morgan fingerprint density at radius 1 is 1.14 bits per heavy atom. The zero-order valence-electron chi connectivity index (χ0n) is 13.6. The molecule has 1 unspecified atom stereocenters. The van der Waals surface area contributed by atoms with Crippen molar-refractivity contribution in [3.8, 4) is 0 Å². The topological polar surface area (TPSA) is 29.3 Å². The highest BCUT2D eigenvalue weighted by molar-refractivity contribution is 5.56. The predicted octanol–water partition coefficient (Wildman–Crippen LogP) is 3.84. The Hall–Kier alpha value is -1.02. The van der Waals surface area contributed by atoms with Gasteiger partial charge in [0, 0.05) is 24.2 Å². The van der Waals surface area contributed by atoms with Crippen molar-refractivity contribution in [2.45, 2.75) is 46.0 Å². The first-order valence-electron chi connectivity index (χ1n) is 8.65. The lowest BCUT2D eigenvalue weighted by atomic mass is 9.70. The number of nitrogens with two attached hydrogens (primary N) is 1. The summed E-state index contributed by atoms with van der Waals surface area (Å²) in [4.78, 5) is 2.63. The van der Waals surface area contributed by atoms with Crippen LogP contribution in [-0.4, -0.2) is 19.6 Å². The highest BCUT2D eigenvalue weighted by Gasteiger charge is 2.36. The molecule has 1 saturated carbocycles. The SMILES string of the molecule is CC1CCC(CN)(CN2CC(C)Cc3ccccc32)CC1. The molecule has 2 N–H and O–H groups in total. The molecule has 2 nitrogen and oxygen atoms in total. The molecule has 1 aromatic rings. The Morgan fingerprint density at radius 3 is 2.57 bits per heavy atom. The normalized spacial score (nSPS) is 32.8. The fourth-order valence-electron chi connectivity index (χ4n) is 4.26. The van der Waals surface area contributed by atoms with Crippen LogP contribution in [0.1, 0.15) is 45.1 Å². The highest BCUT2D eigenvalue weighted by Crippen LogP contribution is 2.41. The van der Waals surface area contributed by atoms with E-state index >= 15 is 0 Å². The van der Waals surface area contributed by atoms with Crippen LogP contribution in [0.3, 0.4) is 0 Å². The molecule has 1 aliphatic carbocycles. The van der Waals surface area contributed by atoms with Crippen molar-refractivity contribution in [3.05, 3.63) is 29.8 Å². The van der Waals surface area contributed by atoms with Gasteiger partial charge in [-0.05, 0) is 49.3 Å². The van der Waals surface area contributed by atoms with Gasteiger partial charge in [-0.1, -0.05) is 44.9 Å². The number of nitrogens with zero attached hydrogens (tertiary/aromatic N) is 1. The van der Waals surface area contributed by atoms with Gasteiger partial charge in [0.05, 0.1) is 0 Å². The fourth-order valence-corrected chi connectivity index (χ4v) is 4.26. The van der Waals surface area contributed by atoms with E-state index in [0.717, 1.165) is 24.9 Å². The third-order valence-electron chi connectivity index (χ3n) is 5.73. The Balaban J connectivity index is 1.80. The van der Waals surface area contributed by atoms with Crippen LogP contribution in [0.2, 0.25) is 0 Å². The number of hydrogen-bond acceptors (Lipinski definition) is 2. The second-order valence-electron chi connectivity index (χ2n) is 7.71. The second kappa shape index (κ2) is 6.00. The van der Waals surface area contributed by atoms with Crippen molar-refractivity contribution in [3.63, 3.8) is 0 Å². The van der Waals surface area contributed by atoms with Gasteiger partial charge in [0.25, 0.3) is 0 Å². The molecule has 0 amide bonds. The summed E-state index contributed by atoms with van der Waals surface area (Å²) in [5.41, 5.74) is 9.55. The molecule has 0 bridgehead atoms. The minimum Gasteiger partial charge on any atom is -0.370 e.